The SMILES string of the molecule is [CH](Cc1c[nH]cn1)c1nc(CC23CC4CC(CC(C4)C2)C3)no1. The molecule has 5 heteroatoms. The fourth-order valence-electron chi connectivity index (χ4n) is 5.86. The molecule has 1 N–H and O–H groups in total. The van der Waals surface area contributed by atoms with Crippen LogP contribution in [0.2, 0.25) is 0 Å². The van der Waals surface area contributed by atoms with E-state index < -0.39 is 0 Å². The van der Waals surface area contributed by atoms with Crippen molar-refractivity contribution in [2.24, 2.45) is 23.2 Å². The molecule has 0 atom stereocenters. The van der Waals surface area contributed by atoms with Crippen molar-refractivity contribution in [3.05, 3.63) is 36.4 Å². The van der Waals surface area contributed by atoms with Crippen LogP contribution >= 0.6 is 0 Å². The first-order valence-electron chi connectivity index (χ1n) is 8.90. The molecule has 2 aromatic heterocycles. The average Bonchev–Trinajstić information content (AvgIpc) is 3.14. The molecule has 121 valence electrons. The Morgan fingerprint density at radius 1 is 1.17 bits per heavy atom. The molecule has 23 heavy (non-hydrogen) atoms. The van der Waals surface area contributed by atoms with Gasteiger partial charge in [0, 0.05) is 19.0 Å². The summed E-state index contributed by atoms with van der Waals surface area (Å²) in [6.45, 7) is 0. The third kappa shape index (κ3) is 2.60. The first-order valence-corrected chi connectivity index (χ1v) is 8.90. The fourth-order valence-corrected chi connectivity index (χ4v) is 5.86. The van der Waals surface area contributed by atoms with E-state index in [1.165, 1.54) is 38.5 Å². The second-order valence-corrected chi connectivity index (χ2v) is 8.11. The standard InChI is InChI=1S/C18H23N4O/c1(15-10-19-11-20-15)2-17-21-16(22-23-17)9-18-6-12-3-13(7-18)5-14(4-12)8-18/h2,10-14H,1,3-9H2,(H,19,20). The second kappa shape index (κ2) is 5.18. The highest BCUT2D eigenvalue weighted by molar-refractivity contribution is 5.09. The highest BCUT2D eigenvalue weighted by Gasteiger charge is 2.51. The molecule has 4 aliphatic carbocycles. The monoisotopic (exact) mass is 311 g/mol. The topological polar surface area (TPSA) is 67.6 Å². The van der Waals surface area contributed by atoms with Crippen molar-refractivity contribution >= 4 is 0 Å². The molecule has 4 fully saturated rings. The summed E-state index contributed by atoms with van der Waals surface area (Å²) < 4.78 is 5.42. The molecule has 0 aromatic carbocycles. The Labute approximate surface area is 136 Å². The Morgan fingerprint density at radius 3 is 2.57 bits per heavy atom. The molecule has 0 aliphatic heterocycles. The molecule has 4 aliphatic rings. The lowest BCUT2D eigenvalue weighted by atomic mass is 9.49. The lowest BCUT2D eigenvalue weighted by Crippen LogP contribution is -2.47. The number of nitrogens with one attached hydrogen (secondary N) is 1. The van der Waals surface area contributed by atoms with Crippen LogP contribution in [0.3, 0.4) is 0 Å². The van der Waals surface area contributed by atoms with E-state index in [1.807, 2.05) is 12.6 Å². The highest BCUT2D eigenvalue weighted by atomic mass is 16.5. The number of nitrogens with zero attached hydrogens (tertiary/aromatic N) is 3. The number of imidazole rings is 1. The molecule has 4 saturated carbocycles. The Hall–Kier alpha value is -1.65. The van der Waals surface area contributed by atoms with Gasteiger partial charge in [-0.2, -0.15) is 4.98 Å². The van der Waals surface area contributed by atoms with Crippen LogP contribution in [0.4, 0.5) is 0 Å². The summed E-state index contributed by atoms with van der Waals surface area (Å²) in [5.41, 5.74) is 1.46. The van der Waals surface area contributed by atoms with Crippen LogP contribution in [0.25, 0.3) is 0 Å². The van der Waals surface area contributed by atoms with Crippen LogP contribution in [0.5, 0.6) is 0 Å². The summed E-state index contributed by atoms with van der Waals surface area (Å²) in [7, 11) is 0. The van der Waals surface area contributed by atoms with Gasteiger partial charge in [-0.3, -0.25) is 0 Å². The number of aromatic nitrogens is 4. The summed E-state index contributed by atoms with van der Waals surface area (Å²) in [5.74, 6) is 4.45. The zero-order valence-electron chi connectivity index (χ0n) is 13.4. The van der Waals surface area contributed by atoms with Gasteiger partial charge in [0.15, 0.2) is 5.82 Å². The van der Waals surface area contributed by atoms with Gasteiger partial charge in [-0.15, -0.1) is 0 Å². The molecule has 1 radical (unpaired) electrons. The molecule has 5 nitrogen and oxygen atoms in total. The number of rotatable bonds is 5. The number of hydrogen-bond acceptors (Lipinski definition) is 4. The van der Waals surface area contributed by atoms with Crippen molar-refractivity contribution in [1.82, 2.24) is 20.1 Å². The normalized spacial score (nSPS) is 35.0. The van der Waals surface area contributed by atoms with E-state index >= 15 is 0 Å². The molecular weight excluding hydrogens is 288 g/mol. The van der Waals surface area contributed by atoms with Crippen molar-refractivity contribution < 1.29 is 4.52 Å². The second-order valence-electron chi connectivity index (χ2n) is 8.11. The van der Waals surface area contributed by atoms with E-state index in [4.69, 9.17) is 4.52 Å². The van der Waals surface area contributed by atoms with Crippen molar-refractivity contribution in [2.45, 2.75) is 51.4 Å². The molecule has 2 heterocycles. The Kier molecular flexibility index (Phi) is 3.10. The van der Waals surface area contributed by atoms with E-state index in [0.29, 0.717) is 11.3 Å². The van der Waals surface area contributed by atoms with Gasteiger partial charge in [0.1, 0.15) is 0 Å². The van der Waals surface area contributed by atoms with Crippen molar-refractivity contribution in [3.8, 4) is 0 Å². The molecule has 2 aromatic rings. The summed E-state index contributed by atoms with van der Waals surface area (Å²) in [4.78, 5) is 11.8. The Morgan fingerprint density at radius 2 is 1.91 bits per heavy atom. The fraction of sp³-hybridized carbons (Fsp3) is 0.667. The third-order valence-corrected chi connectivity index (χ3v) is 6.22. The zero-order valence-corrected chi connectivity index (χ0v) is 13.4. The third-order valence-electron chi connectivity index (χ3n) is 6.22. The van der Waals surface area contributed by atoms with Crippen LogP contribution in [0.15, 0.2) is 17.0 Å². The predicted octanol–water partition coefficient (Wildman–Crippen LogP) is 3.35. The van der Waals surface area contributed by atoms with Crippen LogP contribution in [0, 0.1) is 29.6 Å². The van der Waals surface area contributed by atoms with E-state index in [-0.39, 0.29) is 0 Å². The van der Waals surface area contributed by atoms with Crippen LogP contribution in [-0.2, 0) is 12.8 Å². The van der Waals surface area contributed by atoms with Crippen LogP contribution < -0.4 is 0 Å². The molecule has 6 rings (SSSR count). The first kappa shape index (κ1) is 13.8. The zero-order chi connectivity index (χ0) is 15.3. The summed E-state index contributed by atoms with van der Waals surface area (Å²) in [6, 6.07) is 0. The van der Waals surface area contributed by atoms with Crippen LogP contribution in [0.1, 0.15) is 55.9 Å². The lowest BCUT2D eigenvalue weighted by molar-refractivity contribution is -0.0533. The number of hydrogen-bond donors (Lipinski definition) is 1. The minimum Gasteiger partial charge on any atom is -0.351 e. The first-order chi connectivity index (χ1) is 11.3. The summed E-state index contributed by atoms with van der Waals surface area (Å²) in [5, 5.41) is 4.25. The highest BCUT2D eigenvalue weighted by Crippen LogP contribution is 2.60. The minimum absolute atomic E-state index is 0.470. The average molecular weight is 311 g/mol. The van der Waals surface area contributed by atoms with Crippen molar-refractivity contribution in [1.29, 1.82) is 0 Å². The van der Waals surface area contributed by atoms with Gasteiger partial charge < -0.3 is 9.51 Å². The minimum atomic E-state index is 0.470. The predicted molar refractivity (Wildman–Crippen MR) is 84.3 cm³/mol. The summed E-state index contributed by atoms with van der Waals surface area (Å²) in [6.07, 6.45) is 15.9. The Bertz CT molecular complexity index is 640. The number of aromatic amines is 1. The summed E-state index contributed by atoms with van der Waals surface area (Å²) >= 11 is 0. The number of H-pyrrole nitrogens is 1. The molecule has 0 unspecified atom stereocenters. The molecular formula is C18H23N4O. The maximum absolute atomic E-state index is 5.42. The lowest BCUT2D eigenvalue weighted by Gasteiger charge is -2.56. The molecule has 0 spiro atoms. The molecule has 4 bridgehead atoms. The van der Waals surface area contributed by atoms with Gasteiger partial charge >= 0.3 is 0 Å². The van der Waals surface area contributed by atoms with E-state index in [9.17, 15) is 0 Å². The van der Waals surface area contributed by atoms with Gasteiger partial charge in [-0.1, -0.05) is 5.16 Å². The van der Waals surface area contributed by atoms with Crippen molar-refractivity contribution in [2.75, 3.05) is 0 Å². The van der Waals surface area contributed by atoms with Crippen LogP contribution in [-0.4, -0.2) is 20.1 Å². The smallest absolute Gasteiger partial charge is 0.230 e. The largest absolute Gasteiger partial charge is 0.351 e. The van der Waals surface area contributed by atoms with Gasteiger partial charge in [-0.25, -0.2) is 4.98 Å². The van der Waals surface area contributed by atoms with Gasteiger partial charge in [0.2, 0.25) is 5.89 Å². The van der Waals surface area contributed by atoms with E-state index in [2.05, 4.69) is 20.1 Å². The van der Waals surface area contributed by atoms with Gasteiger partial charge in [-0.05, 0) is 61.7 Å². The van der Waals surface area contributed by atoms with Crippen molar-refractivity contribution in [3.63, 3.8) is 0 Å². The quantitative estimate of drug-likeness (QED) is 0.919. The van der Waals surface area contributed by atoms with E-state index in [1.54, 1.807) is 6.33 Å². The molecule has 0 amide bonds. The van der Waals surface area contributed by atoms with Gasteiger partial charge in [0.25, 0.3) is 0 Å². The Balaban J connectivity index is 1.26. The van der Waals surface area contributed by atoms with Gasteiger partial charge in [0.05, 0.1) is 18.4 Å². The molecule has 0 saturated heterocycles. The maximum atomic E-state index is 5.42. The van der Waals surface area contributed by atoms with E-state index in [0.717, 1.165) is 42.1 Å². The maximum Gasteiger partial charge on any atom is 0.230 e.